The highest BCUT2D eigenvalue weighted by Gasteiger charge is 2.39. The molecule has 2 aliphatic heterocycles. The van der Waals surface area contributed by atoms with Gasteiger partial charge in [0, 0.05) is 24.7 Å². The maximum atomic E-state index is 13.6. The number of sulfonamides is 2. The first-order valence-corrected chi connectivity index (χ1v) is 14.9. The molecule has 10 nitrogen and oxygen atoms in total. The van der Waals surface area contributed by atoms with E-state index in [9.17, 15) is 31.1 Å². The van der Waals surface area contributed by atoms with E-state index in [0.29, 0.717) is 12.0 Å². The first kappa shape index (κ1) is 27.3. The molecule has 0 aromatic heterocycles. The molecular weight excluding hydrogens is 535 g/mol. The lowest BCUT2D eigenvalue weighted by Gasteiger charge is -2.34. The van der Waals surface area contributed by atoms with Crippen LogP contribution in [-0.2, 0) is 31.4 Å². The normalized spacial score (nSPS) is 18.8. The zero-order valence-electron chi connectivity index (χ0n) is 20.9. The summed E-state index contributed by atoms with van der Waals surface area (Å²) in [4.78, 5) is 14.7. The molecule has 0 bridgehead atoms. The number of nitrogens with one attached hydrogen (secondary N) is 2. The van der Waals surface area contributed by atoms with E-state index < -0.39 is 37.7 Å². The van der Waals surface area contributed by atoms with Gasteiger partial charge in [0.15, 0.2) is 5.84 Å². The molecule has 0 aliphatic carbocycles. The lowest BCUT2D eigenvalue weighted by Crippen LogP contribution is -2.45. The predicted octanol–water partition coefficient (Wildman–Crippen LogP) is 3.54. The van der Waals surface area contributed by atoms with E-state index in [0.717, 1.165) is 17.9 Å². The van der Waals surface area contributed by atoms with Gasteiger partial charge in [-0.2, -0.15) is 8.42 Å². The van der Waals surface area contributed by atoms with Gasteiger partial charge in [-0.25, -0.2) is 12.8 Å². The van der Waals surface area contributed by atoms with Crippen molar-refractivity contribution in [3.05, 3.63) is 76.8 Å². The highest BCUT2D eigenvalue weighted by Crippen LogP contribution is 2.35. The third-order valence-corrected chi connectivity index (χ3v) is 7.87. The summed E-state index contributed by atoms with van der Waals surface area (Å²) < 4.78 is 68.7. The summed E-state index contributed by atoms with van der Waals surface area (Å²) in [6, 6.07) is 9.48. The number of hydrogen-bond donors (Lipinski definition) is 3. The second-order valence-corrected chi connectivity index (χ2v) is 12.7. The van der Waals surface area contributed by atoms with Crippen molar-refractivity contribution in [1.29, 1.82) is 0 Å². The van der Waals surface area contributed by atoms with Crippen LogP contribution in [0.15, 0.2) is 74.7 Å². The minimum atomic E-state index is -4.37. The number of aliphatic hydroxyl groups excluding tert-OH is 1. The monoisotopic (exact) mass is 562 g/mol. The van der Waals surface area contributed by atoms with Crippen LogP contribution in [0.3, 0.4) is 0 Å². The molecule has 1 amide bonds. The van der Waals surface area contributed by atoms with Gasteiger partial charge in [-0.1, -0.05) is 23.8 Å². The number of anilines is 2. The van der Waals surface area contributed by atoms with Crippen molar-refractivity contribution in [3.8, 4) is 0 Å². The van der Waals surface area contributed by atoms with Crippen molar-refractivity contribution < 1.29 is 31.1 Å². The van der Waals surface area contributed by atoms with Gasteiger partial charge in [0.1, 0.15) is 22.0 Å². The van der Waals surface area contributed by atoms with Gasteiger partial charge in [0.2, 0.25) is 10.0 Å². The summed E-state index contributed by atoms with van der Waals surface area (Å²) >= 11 is 0. The van der Waals surface area contributed by atoms with Crippen molar-refractivity contribution >= 4 is 43.2 Å². The Hall–Kier alpha value is -3.71. The maximum Gasteiger partial charge on any atom is 0.286 e. The highest BCUT2D eigenvalue weighted by atomic mass is 32.2. The van der Waals surface area contributed by atoms with Crippen molar-refractivity contribution in [2.45, 2.75) is 31.7 Å². The first-order chi connectivity index (χ1) is 17.7. The van der Waals surface area contributed by atoms with E-state index >= 15 is 0 Å². The Morgan fingerprint density at radius 3 is 2.55 bits per heavy atom. The molecule has 0 unspecified atom stereocenters. The third-order valence-electron chi connectivity index (χ3n) is 5.95. The number of halogens is 1. The van der Waals surface area contributed by atoms with Gasteiger partial charge in [0.25, 0.3) is 15.9 Å². The number of fused-ring (bicyclic) bond motifs is 1. The lowest BCUT2D eigenvalue weighted by atomic mass is 9.91. The Balaban J connectivity index is 1.74. The summed E-state index contributed by atoms with van der Waals surface area (Å²) in [5, 5.41) is 13.9. The van der Waals surface area contributed by atoms with E-state index in [2.05, 4.69) is 14.4 Å². The summed E-state index contributed by atoms with van der Waals surface area (Å²) in [5.41, 5.74) is 1.48. The fraction of sp³-hybridized carbons (Fsp3) is 0.280. The average molecular weight is 563 g/mol. The van der Waals surface area contributed by atoms with E-state index in [4.69, 9.17) is 0 Å². The number of benzene rings is 2. The molecule has 2 aromatic carbocycles. The SMILES string of the molecule is CC(C)=CC[C@H]1CN(Cc2ccc(F)cc2)C(=O)C(C2=NS(=O)(=O)c3cc(NS(C)(=O)=O)ccc3N2)=C1O. The largest absolute Gasteiger partial charge is 0.511 e. The van der Waals surface area contributed by atoms with Gasteiger partial charge < -0.3 is 15.3 Å². The topological polar surface area (TPSA) is 145 Å². The number of rotatable bonds is 7. The summed E-state index contributed by atoms with van der Waals surface area (Å²) in [6.07, 6.45) is 3.23. The Morgan fingerprint density at radius 2 is 1.92 bits per heavy atom. The van der Waals surface area contributed by atoms with E-state index in [-0.39, 0.29) is 46.5 Å². The van der Waals surface area contributed by atoms with Crippen molar-refractivity contribution in [2.75, 3.05) is 22.8 Å². The van der Waals surface area contributed by atoms with Crippen LogP contribution in [0.25, 0.3) is 0 Å². The fourth-order valence-corrected chi connectivity index (χ4v) is 5.89. The number of carbonyl (C=O) groups excluding carboxylic acids is 1. The quantitative estimate of drug-likeness (QED) is 0.438. The number of carbonyl (C=O) groups is 1. The van der Waals surface area contributed by atoms with Gasteiger partial charge >= 0.3 is 0 Å². The van der Waals surface area contributed by atoms with Crippen molar-refractivity contribution in [1.82, 2.24) is 4.90 Å². The molecule has 13 heteroatoms. The Bertz CT molecular complexity index is 1590. The van der Waals surface area contributed by atoms with E-state index in [1.165, 1.54) is 29.2 Å². The van der Waals surface area contributed by atoms with Crippen LogP contribution in [0.4, 0.5) is 15.8 Å². The summed E-state index contributed by atoms with van der Waals surface area (Å²) in [7, 11) is -8.02. The number of amides is 1. The Morgan fingerprint density at radius 1 is 1.24 bits per heavy atom. The van der Waals surface area contributed by atoms with Crippen LogP contribution < -0.4 is 10.0 Å². The van der Waals surface area contributed by atoms with Crippen LogP contribution >= 0.6 is 0 Å². The molecular formula is C25H27FN4O6S2. The first-order valence-electron chi connectivity index (χ1n) is 11.6. The molecule has 0 saturated carbocycles. The van der Waals surface area contributed by atoms with E-state index in [1.807, 2.05) is 19.9 Å². The minimum absolute atomic E-state index is 0.0262. The highest BCUT2D eigenvalue weighted by molar-refractivity contribution is 7.92. The molecule has 0 saturated heterocycles. The standard InChI is InChI=1S/C25H27FN4O6S2/c1-15(2)4-7-17-14-30(13-16-5-8-18(26)9-6-16)25(32)22(23(17)31)24-27-20-11-10-19(28-37(3,33)34)12-21(20)38(35,36)29-24/h4-6,8-12,17,28,31H,7,13-14H2,1-3H3,(H,27,29)/t17-/m0/s1. The average Bonchev–Trinajstić information content (AvgIpc) is 2.80. The second-order valence-electron chi connectivity index (χ2n) is 9.41. The lowest BCUT2D eigenvalue weighted by molar-refractivity contribution is -0.129. The molecule has 2 heterocycles. The second kappa shape index (κ2) is 10.2. The molecule has 2 aromatic rings. The molecule has 4 rings (SSSR count). The van der Waals surface area contributed by atoms with Crippen LogP contribution in [0.2, 0.25) is 0 Å². The minimum Gasteiger partial charge on any atom is -0.511 e. The van der Waals surface area contributed by atoms with Gasteiger partial charge in [-0.05, 0) is 56.2 Å². The van der Waals surface area contributed by atoms with Gasteiger partial charge in [0.05, 0.1) is 11.9 Å². The number of aliphatic hydroxyl groups is 1. The third kappa shape index (κ3) is 6.05. The molecule has 1 atom stereocenters. The number of nitrogens with zero attached hydrogens (tertiary/aromatic N) is 2. The molecule has 38 heavy (non-hydrogen) atoms. The van der Waals surface area contributed by atoms with Crippen LogP contribution in [0.5, 0.6) is 0 Å². The van der Waals surface area contributed by atoms with Crippen LogP contribution in [0.1, 0.15) is 25.8 Å². The number of hydrogen-bond acceptors (Lipinski definition) is 7. The molecule has 0 fully saturated rings. The summed E-state index contributed by atoms with van der Waals surface area (Å²) in [6.45, 7) is 4.06. The van der Waals surface area contributed by atoms with Gasteiger partial charge in [-0.15, -0.1) is 4.40 Å². The van der Waals surface area contributed by atoms with Crippen molar-refractivity contribution in [3.63, 3.8) is 0 Å². The molecule has 2 aliphatic rings. The van der Waals surface area contributed by atoms with E-state index in [1.54, 1.807) is 12.1 Å². The van der Waals surface area contributed by atoms with Gasteiger partial charge in [-0.3, -0.25) is 9.52 Å². The van der Waals surface area contributed by atoms with Crippen LogP contribution in [0, 0.1) is 11.7 Å². The Kier molecular flexibility index (Phi) is 7.35. The number of amidine groups is 1. The predicted molar refractivity (Wildman–Crippen MR) is 142 cm³/mol. The molecule has 0 spiro atoms. The van der Waals surface area contributed by atoms with Crippen molar-refractivity contribution in [2.24, 2.45) is 10.3 Å². The molecule has 0 radical (unpaired) electrons. The van der Waals surface area contributed by atoms with Crippen LogP contribution in [-0.4, -0.2) is 51.4 Å². The fourth-order valence-electron chi connectivity index (χ4n) is 4.18. The molecule has 202 valence electrons. The zero-order chi connectivity index (χ0) is 27.8. The molecule has 3 N–H and O–H groups in total. The maximum absolute atomic E-state index is 13.6. The Labute approximate surface area is 220 Å². The summed E-state index contributed by atoms with van der Waals surface area (Å²) in [5.74, 6) is -2.22. The zero-order valence-corrected chi connectivity index (χ0v) is 22.5. The number of allylic oxidation sites excluding steroid dienone is 2. The smallest absolute Gasteiger partial charge is 0.286 e.